The van der Waals surface area contributed by atoms with E-state index in [0.29, 0.717) is 21.3 Å². The van der Waals surface area contributed by atoms with E-state index in [-0.39, 0.29) is 5.69 Å². The van der Waals surface area contributed by atoms with Crippen LogP contribution in [-0.4, -0.2) is 21.5 Å². The molecule has 8 heteroatoms. The first kappa shape index (κ1) is 15.8. The number of pyridine rings is 1. The average Bonchev–Trinajstić information content (AvgIpc) is 2.52. The van der Waals surface area contributed by atoms with Crippen molar-refractivity contribution in [2.75, 3.05) is 0 Å². The molecule has 112 valence electrons. The molecule has 1 amide bonds. The van der Waals surface area contributed by atoms with Crippen molar-refractivity contribution in [3.05, 3.63) is 68.4 Å². The molecule has 1 aromatic heterocycles. The van der Waals surface area contributed by atoms with E-state index in [0.717, 1.165) is 0 Å². The van der Waals surface area contributed by atoms with Crippen molar-refractivity contribution < 1.29 is 9.72 Å². The largest absolute Gasteiger partial charge is 0.272 e. The van der Waals surface area contributed by atoms with Crippen molar-refractivity contribution in [3.63, 3.8) is 0 Å². The minimum absolute atomic E-state index is 0.0328. The van der Waals surface area contributed by atoms with Crippen LogP contribution in [0.2, 0.25) is 0 Å². The number of non-ortho nitro benzene ring substituents is 1. The van der Waals surface area contributed by atoms with E-state index in [1.54, 1.807) is 31.3 Å². The Morgan fingerprint density at radius 2 is 2.09 bits per heavy atom. The van der Waals surface area contributed by atoms with Crippen molar-refractivity contribution >= 4 is 33.2 Å². The molecule has 0 unspecified atom stereocenters. The van der Waals surface area contributed by atoms with Gasteiger partial charge in [-0.15, -0.1) is 0 Å². The van der Waals surface area contributed by atoms with Gasteiger partial charge in [0.15, 0.2) is 0 Å². The van der Waals surface area contributed by atoms with Crippen molar-refractivity contribution in [1.82, 2.24) is 10.4 Å². The predicted molar refractivity (Wildman–Crippen MR) is 84.7 cm³/mol. The summed E-state index contributed by atoms with van der Waals surface area (Å²) in [6, 6.07) is 7.64. The summed E-state index contributed by atoms with van der Waals surface area (Å²) < 4.78 is 0.680. The fourth-order valence-electron chi connectivity index (χ4n) is 1.64. The molecule has 2 rings (SSSR count). The van der Waals surface area contributed by atoms with Gasteiger partial charge in [-0.2, -0.15) is 5.10 Å². The van der Waals surface area contributed by atoms with E-state index >= 15 is 0 Å². The summed E-state index contributed by atoms with van der Waals surface area (Å²) in [6.07, 6.45) is 2.98. The molecule has 0 saturated heterocycles. The van der Waals surface area contributed by atoms with Gasteiger partial charge in [0.05, 0.1) is 16.2 Å². The first-order chi connectivity index (χ1) is 10.5. The summed E-state index contributed by atoms with van der Waals surface area (Å²) >= 11 is 3.23. The van der Waals surface area contributed by atoms with Crippen LogP contribution in [0.3, 0.4) is 0 Å². The third-order valence-electron chi connectivity index (χ3n) is 2.77. The molecule has 0 radical (unpaired) electrons. The van der Waals surface area contributed by atoms with Gasteiger partial charge in [-0.1, -0.05) is 12.1 Å². The number of nitrogens with zero attached hydrogens (tertiary/aromatic N) is 3. The highest BCUT2D eigenvalue weighted by Crippen LogP contribution is 2.14. The van der Waals surface area contributed by atoms with Crippen LogP contribution in [-0.2, 0) is 0 Å². The predicted octanol–water partition coefficient (Wildman–Crippen LogP) is 2.91. The molecule has 0 bridgehead atoms. The van der Waals surface area contributed by atoms with Crippen LogP contribution in [0.25, 0.3) is 0 Å². The molecule has 22 heavy (non-hydrogen) atoms. The Morgan fingerprint density at radius 1 is 1.32 bits per heavy atom. The quantitative estimate of drug-likeness (QED) is 0.513. The smallest absolute Gasteiger partial charge is 0.267 e. The Hall–Kier alpha value is -2.61. The number of halogens is 1. The van der Waals surface area contributed by atoms with Crippen molar-refractivity contribution in [3.8, 4) is 0 Å². The molecule has 0 saturated carbocycles. The number of carbonyl (C=O) groups is 1. The number of hydrogen-bond acceptors (Lipinski definition) is 5. The van der Waals surface area contributed by atoms with Gasteiger partial charge in [0.2, 0.25) is 0 Å². The van der Waals surface area contributed by atoms with Crippen molar-refractivity contribution in [2.24, 2.45) is 5.10 Å². The summed E-state index contributed by atoms with van der Waals surface area (Å²) in [6.45, 7) is 1.65. The van der Waals surface area contributed by atoms with Crippen molar-refractivity contribution in [1.29, 1.82) is 0 Å². The van der Waals surface area contributed by atoms with Crippen LogP contribution in [0.15, 0.2) is 52.3 Å². The number of nitro groups is 1. The molecule has 0 spiro atoms. The summed E-state index contributed by atoms with van der Waals surface area (Å²) in [5, 5.41) is 14.7. The van der Waals surface area contributed by atoms with E-state index in [2.05, 4.69) is 31.4 Å². The second kappa shape index (κ2) is 6.90. The standard InChI is InChI=1S/C14H11BrN4O3/c1-9(10-3-2-4-13(6-10)19(21)22)17-18-14(20)11-5-12(15)8-16-7-11/h2-8H,1H3,(H,18,20)/b17-9+. The fraction of sp³-hybridized carbons (Fsp3) is 0.0714. The van der Waals surface area contributed by atoms with Crippen LogP contribution < -0.4 is 5.43 Å². The Bertz CT molecular complexity index is 761. The first-order valence-corrected chi connectivity index (χ1v) is 6.96. The maximum atomic E-state index is 11.9. The minimum atomic E-state index is -0.484. The molecule has 0 fully saturated rings. The maximum absolute atomic E-state index is 11.9. The van der Waals surface area contributed by atoms with Crippen LogP contribution >= 0.6 is 15.9 Å². The van der Waals surface area contributed by atoms with Gasteiger partial charge in [-0.3, -0.25) is 19.9 Å². The zero-order valence-corrected chi connectivity index (χ0v) is 13.1. The fourth-order valence-corrected chi connectivity index (χ4v) is 2.01. The molecule has 1 aromatic carbocycles. The molecule has 0 atom stereocenters. The first-order valence-electron chi connectivity index (χ1n) is 6.17. The van der Waals surface area contributed by atoms with E-state index in [4.69, 9.17) is 0 Å². The van der Waals surface area contributed by atoms with Crippen LogP contribution in [0.4, 0.5) is 5.69 Å². The summed E-state index contributed by atoms with van der Waals surface area (Å²) in [7, 11) is 0. The second-order valence-corrected chi connectivity index (χ2v) is 5.25. The molecule has 1 N–H and O–H groups in total. The Balaban J connectivity index is 2.14. The molecule has 7 nitrogen and oxygen atoms in total. The Labute approximate surface area is 134 Å². The summed E-state index contributed by atoms with van der Waals surface area (Å²) in [5.74, 6) is -0.418. The highest BCUT2D eigenvalue weighted by Gasteiger charge is 2.09. The van der Waals surface area contributed by atoms with E-state index in [1.807, 2.05) is 0 Å². The third-order valence-corrected chi connectivity index (χ3v) is 3.20. The Morgan fingerprint density at radius 3 is 2.77 bits per heavy atom. The Kier molecular flexibility index (Phi) is 4.95. The summed E-state index contributed by atoms with van der Waals surface area (Å²) in [4.78, 5) is 26.1. The SMILES string of the molecule is C/C(=N\NC(=O)c1cncc(Br)c1)c1cccc([N+](=O)[O-])c1. The van der Waals surface area contributed by atoms with Gasteiger partial charge in [0, 0.05) is 34.6 Å². The zero-order valence-electron chi connectivity index (χ0n) is 11.5. The normalized spacial score (nSPS) is 11.1. The number of nitrogens with one attached hydrogen (secondary N) is 1. The lowest BCUT2D eigenvalue weighted by Crippen LogP contribution is -2.19. The van der Waals surface area contributed by atoms with Gasteiger partial charge in [-0.25, -0.2) is 5.43 Å². The number of carbonyl (C=O) groups excluding carboxylic acids is 1. The molecular formula is C14H11BrN4O3. The van der Waals surface area contributed by atoms with Gasteiger partial charge >= 0.3 is 0 Å². The van der Waals surface area contributed by atoms with Crippen molar-refractivity contribution in [2.45, 2.75) is 6.92 Å². The van der Waals surface area contributed by atoms with Crippen LogP contribution in [0, 0.1) is 10.1 Å². The van der Waals surface area contributed by atoms with E-state index in [9.17, 15) is 14.9 Å². The lowest BCUT2D eigenvalue weighted by molar-refractivity contribution is -0.384. The highest BCUT2D eigenvalue weighted by molar-refractivity contribution is 9.10. The molecule has 2 aromatic rings. The monoisotopic (exact) mass is 362 g/mol. The minimum Gasteiger partial charge on any atom is -0.267 e. The number of hydrogen-bond donors (Lipinski definition) is 1. The second-order valence-electron chi connectivity index (χ2n) is 4.34. The molecule has 1 heterocycles. The third kappa shape index (κ3) is 3.95. The molecular weight excluding hydrogens is 352 g/mol. The van der Waals surface area contributed by atoms with Gasteiger partial charge in [-0.05, 0) is 28.9 Å². The average molecular weight is 363 g/mol. The number of hydrazone groups is 1. The lowest BCUT2D eigenvalue weighted by atomic mass is 10.1. The van der Waals surface area contributed by atoms with Crippen LogP contribution in [0.1, 0.15) is 22.8 Å². The summed E-state index contributed by atoms with van der Waals surface area (Å²) in [5.41, 5.74) is 3.73. The number of amides is 1. The zero-order chi connectivity index (χ0) is 16.1. The maximum Gasteiger partial charge on any atom is 0.272 e. The molecule has 0 aliphatic rings. The van der Waals surface area contributed by atoms with Crippen LogP contribution in [0.5, 0.6) is 0 Å². The lowest BCUT2D eigenvalue weighted by Gasteiger charge is -2.03. The highest BCUT2D eigenvalue weighted by atomic mass is 79.9. The molecule has 0 aliphatic heterocycles. The van der Waals surface area contributed by atoms with Gasteiger partial charge < -0.3 is 0 Å². The topological polar surface area (TPSA) is 97.5 Å². The number of aromatic nitrogens is 1. The van der Waals surface area contributed by atoms with E-state index in [1.165, 1.54) is 18.3 Å². The van der Waals surface area contributed by atoms with Gasteiger partial charge in [0.25, 0.3) is 11.6 Å². The van der Waals surface area contributed by atoms with E-state index < -0.39 is 10.8 Å². The number of nitro benzene ring substituents is 1. The molecule has 0 aliphatic carbocycles. The van der Waals surface area contributed by atoms with Gasteiger partial charge in [0.1, 0.15) is 0 Å². The number of benzene rings is 1. The number of rotatable bonds is 4.